The number of nitrogens with zero attached hydrogens (tertiary/aromatic N) is 2. The lowest BCUT2D eigenvalue weighted by molar-refractivity contribution is 0.459. The molecule has 0 aliphatic rings. The van der Waals surface area contributed by atoms with Gasteiger partial charge in [-0.1, -0.05) is 12.1 Å². The lowest BCUT2D eigenvalue weighted by Crippen LogP contribution is -1.97. The van der Waals surface area contributed by atoms with Crippen molar-refractivity contribution < 1.29 is 4.74 Å². The van der Waals surface area contributed by atoms with Crippen LogP contribution in [0.15, 0.2) is 34.9 Å². The first-order valence-electron chi connectivity index (χ1n) is 4.67. The molecule has 0 fully saturated rings. The summed E-state index contributed by atoms with van der Waals surface area (Å²) in [4.78, 5) is 7.83. The quantitative estimate of drug-likeness (QED) is 0.918. The molecule has 1 heterocycles. The van der Waals surface area contributed by atoms with Gasteiger partial charge >= 0.3 is 0 Å². The van der Waals surface area contributed by atoms with E-state index in [1.165, 1.54) is 0 Å². The Morgan fingerprint density at radius 3 is 2.94 bits per heavy atom. The molecule has 0 spiro atoms. The number of aromatic nitrogens is 2. The first-order valence-corrected chi connectivity index (χ1v) is 5.47. The zero-order chi connectivity index (χ0) is 11.5. The van der Waals surface area contributed by atoms with Crippen molar-refractivity contribution in [1.29, 1.82) is 0 Å². The summed E-state index contributed by atoms with van der Waals surface area (Å²) in [5, 5.41) is 0. The number of nitrogen functional groups attached to an aromatic ring is 1. The Bertz CT molecular complexity index is 516. The largest absolute Gasteiger partial charge is 0.438 e. The third-order valence-corrected chi connectivity index (χ3v) is 2.48. The molecule has 0 aliphatic carbocycles. The van der Waals surface area contributed by atoms with Crippen molar-refractivity contribution in [2.75, 3.05) is 5.73 Å². The molecule has 16 heavy (non-hydrogen) atoms. The summed E-state index contributed by atoms with van der Waals surface area (Å²) in [5.41, 5.74) is 6.61. The molecule has 1 aromatic carbocycles. The molecule has 5 heteroatoms. The topological polar surface area (TPSA) is 61.0 Å². The van der Waals surface area contributed by atoms with E-state index in [9.17, 15) is 0 Å². The number of anilines is 1. The van der Waals surface area contributed by atoms with Gasteiger partial charge in [0, 0.05) is 0 Å². The second-order valence-corrected chi connectivity index (χ2v) is 4.15. The van der Waals surface area contributed by atoms with Crippen LogP contribution in [0.2, 0.25) is 0 Å². The van der Waals surface area contributed by atoms with Gasteiger partial charge in [-0.05, 0) is 40.5 Å². The van der Waals surface area contributed by atoms with Gasteiger partial charge in [-0.2, -0.15) is 4.98 Å². The molecule has 0 saturated carbocycles. The lowest BCUT2D eigenvalue weighted by Gasteiger charge is -2.07. The first-order chi connectivity index (χ1) is 7.65. The van der Waals surface area contributed by atoms with Crippen LogP contribution in [0.3, 0.4) is 0 Å². The Hall–Kier alpha value is -1.62. The maximum atomic E-state index is 5.59. The van der Waals surface area contributed by atoms with Crippen LogP contribution < -0.4 is 10.5 Å². The molecule has 2 aromatic rings. The van der Waals surface area contributed by atoms with Crippen LogP contribution in [-0.2, 0) is 0 Å². The van der Waals surface area contributed by atoms with E-state index in [0.29, 0.717) is 10.4 Å². The minimum Gasteiger partial charge on any atom is -0.438 e. The van der Waals surface area contributed by atoms with Crippen LogP contribution in [0.25, 0.3) is 0 Å². The number of ether oxygens (including phenoxy) is 1. The number of hydrogen-bond acceptors (Lipinski definition) is 4. The second-order valence-electron chi connectivity index (χ2n) is 3.30. The molecule has 0 saturated heterocycles. The van der Waals surface area contributed by atoms with Gasteiger partial charge < -0.3 is 10.5 Å². The summed E-state index contributed by atoms with van der Waals surface area (Å²) in [6.07, 6.45) is 1.56. The van der Waals surface area contributed by atoms with E-state index in [0.717, 1.165) is 11.3 Å². The zero-order valence-electron chi connectivity index (χ0n) is 8.64. The highest BCUT2D eigenvalue weighted by Crippen LogP contribution is 2.27. The molecule has 2 rings (SSSR count). The van der Waals surface area contributed by atoms with Crippen molar-refractivity contribution in [3.63, 3.8) is 0 Å². The molecule has 0 atom stereocenters. The molecule has 0 aliphatic heterocycles. The fourth-order valence-corrected chi connectivity index (χ4v) is 1.50. The van der Waals surface area contributed by atoms with Crippen molar-refractivity contribution >= 4 is 21.9 Å². The van der Waals surface area contributed by atoms with Gasteiger partial charge in [0.25, 0.3) is 0 Å². The van der Waals surface area contributed by atoms with Crippen molar-refractivity contribution in [1.82, 2.24) is 9.97 Å². The van der Waals surface area contributed by atoms with Gasteiger partial charge in [0.15, 0.2) is 0 Å². The van der Waals surface area contributed by atoms with Gasteiger partial charge in [0.2, 0.25) is 11.8 Å². The first kappa shape index (κ1) is 10.9. The maximum absolute atomic E-state index is 5.59. The van der Waals surface area contributed by atoms with Crippen LogP contribution in [-0.4, -0.2) is 9.97 Å². The van der Waals surface area contributed by atoms with Crippen molar-refractivity contribution in [3.8, 4) is 11.6 Å². The summed E-state index contributed by atoms with van der Waals surface area (Å²) in [7, 11) is 0. The fourth-order valence-electron chi connectivity index (χ4n) is 1.23. The SMILES string of the molecule is Cc1cccc(Oc2nc(N)ncc2Br)c1. The predicted octanol–water partition coefficient (Wildman–Crippen LogP) is 2.92. The molecule has 82 valence electrons. The number of rotatable bonds is 2. The summed E-state index contributed by atoms with van der Waals surface area (Å²) in [5.74, 6) is 1.32. The van der Waals surface area contributed by atoms with E-state index in [-0.39, 0.29) is 5.95 Å². The average molecular weight is 280 g/mol. The molecular weight excluding hydrogens is 270 g/mol. The number of benzene rings is 1. The number of aryl methyl sites for hydroxylation is 1. The lowest BCUT2D eigenvalue weighted by atomic mass is 10.2. The Labute approximate surface area is 102 Å². The summed E-state index contributed by atoms with van der Waals surface area (Å²) in [6.45, 7) is 2.00. The van der Waals surface area contributed by atoms with E-state index >= 15 is 0 Å². The van der Waals surface area contributed by atoms with E-state index in [1.54, 1.807) is 6.20 Å². The normalized spacial score (nSPS) is 10.1. The fraction of sp³-hybridized carbons (Fsp3) is 0.0909. The molecule has 0 unspecified atom stereocenters. The van der Waals surface area contributed by atoms with E-state index in [1.807, 2.05) is 31.2 Å². The highest BCUT2D eigenvalue weighted by Gasteiger charge is 2.05. The maximum Gasteiger partial charge on any atom is 0.238 e. The molecule has 0 bridgehead atoms. The van der Waals surface area contributed by atoms with Crippen molar-refractivity contribution in [3.05, 3.63) is 40.5 Å². The van der Waals surface area contributed by atoms with Crippen LogP contribution in [0.1, 0.15) is 5.56 Å². The third kappa shape index (κ3) is 2.49. The highest BCUT2D eigenvalue weighted by atomic mass is 79.9. The standard InChI is InChI=1S/C11H10BrN3O/c1-7-3-2-4-8(5-7)16-10-9(12)6-14-11(13)15-10/h2-6H,1H3,(H2,13,14,15). The molecule has 0 amide bonds. The van der Waals surface area contributed by atoms with Crippen LogP contribution in [0.5, 0.6) is 11.6 Å². The van der Waals surface area contributed by atoms with Gasteiger partial charge in [-0.3, -0.25) is 0 Å². The Morgan fingerprint density at radius 1 is 1.38 bits per heavy atom. The number of hydrogen-bond donors (Lipinski definition) is 1. The smallest absolute Gasteiger partial charge is 0.238 e. The Kier molecular flexibility index (Phi) is 3.05. The van der Waals surface area contributed by atoms with Crippen molar-refractivity contribution in [2.45, 2.75) is 6.92 Å². The van der Waals surface area contributed by atoms with Crippen LogP contribution >= 0.6 is 15.9 Å². The minimum absolute atomic E-state index is 0.186. The average Bonchev–Trinajstić information content (AvgIpc) is 2.24. The van der Waals surface area contributed by atoms with Crippen LogP contribution in [0.4, 0.5) is 5.95 Å². The molecule has 4 nitrogen and oxygen atoms in total. The Balaban J connectivity index is 2.30. The Morgan fingerprint density at radius 2 is 2.19 bits per heavy atom. The number of halogens is 1. The summed E-state index contributed by atoms with van der Waals surface area (Å²) < 4.78 is 6.26. The molecule has 2 N–H and O–H groups in total. The second kappa shape index (κ2) is 4.49. The van der Waals surface area contributed by atoms with E-state index in [2.05, 4.69) is 25.9 Å². The van der Waals surface area contributed by atoms with Gasteiger partial charge in [0.1, 0.15) is 5.75 Å². The monoisotopic (exact) mass is 279 g/mol. The zero-order valence-corrected chi connectivity index (χ0v) is 10.2. The predicted molar refractivity (Wildman–Crippen MR) is 65.4 cm³/mol. The van der Waals surface area contributed by atoms with Crippen LogP contribution in [0, 0.1) is 6.92 Å². The summed E-state index contributed by atoms with van der Waals surface area (Å²) in [6, 6.07) is 7.70. The molecular formula is C11H10BrN3O. The highest BCUT2D eigenvalue weighted by molar-refractivity contribution is 9.10. The van der Waals surface area contributed by atoms with Gasteiger partial charge in [0.05, 0.1) is 10.7 Å². The third-order valence-electron chi connectivity index (χ3n) is 1.93. The number of nitrogens with two attached hydrogens (primary N) is 1. The van der Waals surface area contributed by atoms with E-state index < -0.39 is 0 Å². The van der Waals surface area contributed by atoms with E-state index in [4.69, 9.17) is 10.5 Å². The molecule has 0 radical (unpaired) electrons. The molecule has 1 aromatic heterocycles. The minimum atomic E-state index is 0.186. The summed E-state index contributed by atoms with van der Waals surface area (Å²) >= 11 is 3.30. The van der Waals surface area contributed by atoms with Gasteiger partial charge in [-0.25, -0.2) is 4.98 Å². The van der Waals surface area contributed by atoms with Gasteiger partial charge in [-0.15, -0.1) is 0 Å². The van der Waals surface area contributed by atoms with Crippen molar-refractivity contribution in [2.24, 2.45) is 0 Å².